The largest absolute Gasteiger partial charge is 0.337 e. The lowest BCUT2D eigenvalue weighted by Crippen LogP contribution is -2.33. The van der Waals surface area contributed by atoms with E-state index >= 15 is 0 Å². The smallest absolute Gasteiger partial charge is 0.255 e. The maximum atomic E-state index is 12.3. The van der Waals surface area contributed by atoms with Crippen molar-refractivity contribution in [2.24, 2.45) is 0 Å². The van der Waals surface area contributed by atoms with E-state index in [0.717, 1.165) is 35.1 Å². The van der Waals surface area contributed by atoms with Gasteiger partial charge in [-0.25, -0.2) is 0 Å². The predicted molar refractivity (Wildman–Crippen MR) is 72.2 cm³/mol. The van der Waals surface area contributed by atoms with Gasteiger partial charge in [0.15, 0.2) is 0 Å². The second-order valence-electron chi connectivity index (χ2n) is 4.51. The molecular formula is C13H17BrN2O. The number of carbonyl (C=O) groups excluding carboxylic acids is 1. The van der Waals surface area contributed by atoms with Gasteiger partial charge in [-0.1, -0.05) is 6.07 Å². The Labute approximate surface area is 110 Å². The number of hydrogen-bond acceptors (Lipinski definition) is 2. The SMILES string of the molecule is CNC1CCN(C(=O)c2ccc(C)cc2Br)C1. The van der Waals surface area contributed by atoms with Crippen LogP contribution in [0.2, 0.25) is 0 Å². The highest BCUT2D eigenvalue weighted by atomic mass is 79.9. The van der Waals surface area contributed by atoms with Crippen molar-refractivity contribution in [1.82, 2.24) is 10.2 Å². The van der Waals surface area contributed by atoms with E-state index < -0.39 is 0 Å². The van der Waals surface area contributed by atoms with Crippen molar-refractivity contribution in [3.63, 3.8) is 0 Å². The van der Waals surface area contributed by atoms with Crippen molar-refractivity contribution >= 4 is 21.8 Å². The summed E-state index contributed by atoms with van der Waals surface area (Å²) in [5.41, 5.74) is 1.91. The molecule has 1 N–H and O–H groups in total. The van der Waals surface area contributed by atoms with Crippen LogP contribution >= 0.6 is 15.9 Å². The van der Waals surface area contributed by atoms with Gasteiger partial charge in [0.05, 0.1) is 5.56 Å². The fourth-order valence-corrected chi connectivity index (χ4v) is 2.81. The Balaban J connectivity index is 2.15. The van der Waals surface area contributed by atoms with Crippen molar-refractivity contribution in [1.29, 1.82) is 0 Å². The van der Waals surface area contributed by atoms with Crippen LogP contribution in [0.15, 0.2) is 22.7 Å². The van der Waals surface area contributed by atoms with E-state index in [1.807, 2.05) is 37.1 Å². The van der Waals surface area contributed by atoms with Gasteiger partial charge in [-0.3, -0.25) is 4.79 Å². The van der Waals surface area contributed by atoms with Crippen LogP contribution in [0, 0.1) is 6.92 Å². The Morgan fingerprint density at radius 2 is 2.29 bits per heavy atom. The second-order valence-corrected chi connectivity index (χ2v) is 5.36. The van der Waals surface area contributed by atoms with E-state index in [1.54, 1.807) is 0 Å². The van der Waals surface area contributed by atoms with Gasteiger partial charge >= 0.3 is 0 Å². The molecule has 1 unspecified atom stereocenters. The summed E-state index contributed by atoms with van der Waals surface area (Å²) in [6, 6.07) is 6.29. The van der Waals surface area contributed by atoms with Crippen LogP contribution in [0.25, 0.3) is 0 Å². The van der Waals surface area contributed by atoms with Gasteiger partial charge in [-0.2, -0.15) is 0 Å². The Kier molecular flexibility index (Phi) is 3.84. The maximum Gasteiger partial charge on any atom is 0.255 e. The van der Waals surface area contributed by atoms with Crippen LogP contribution in [-0.4, -0.2) is 37.0 Å². The van der Waals surface area contributed by atoms with Crippen molar-refractivity contribution in [2.45, 2.75) is 19.4 Å². The van der Waals surface area contributed by atoms with E-state index in [2.05, 4.69) is 21.2 Å². The predicted octanol–water partition coefficient (Wildman–Crippen LogP) is 2.19. The van der Waals surface area contributed by atoms with Crippen molar-refractivity contribution in [3.8, 4) is 0 Å². The van der Waals surface area contributed by atoms with Gasteiger partial charge in [0, 0.05) is 23.6 Å². The molecule has 0 bridgehead atoms. The molecular weight excluding hydrogens is 280 g/mol. The third kappa shape index (κ3) is 2.69. The van der Waals surface area contributed by atoms with Crippen molar-refractivity contribution in [3.05, 3.63) is 33.8 Å². The van der Waals surface area contributed by atoms with Gasteiger partial charge < -0.3 is 10.2 Å². The normalized spacial score (nSPS) is 19.7. The van der Waals surface area contributed by atoms with Gasteiger partial charge in [0.1, 0.15) is 0 Å². The minimum Gasteiger partial charge on any atom is -0.337 e. The number of likely N-dealkylation sites (tertiary alicyclic amines) is 1. The summed E-state index contributed by atoms with van der Waals surface area (Å²) in [6.45, 7) is 3.66. The molecule has 0 spiro atoms. The molecule has 1 fully saturated rings. The van der Waals surface area contributed by atoms with Crippen LogP contribution in [-0.2, 0) is 0 Å². The minimum atomic E-state index is 0.120. The van der Waals surface area contributed by atoms with Crippen LogP contribution in [0.5, 0.6) is 0 Å². The summed E-state index contributed by atoms with van der Waals surface area (Å²) in [7, 11) is 1.94. The molecule has 1 aliphatic heterocycles. The summed E-state index contributed by atoms with van der Waals surface area (Å²) in [6.07, 6.45) is 1.03. The first kappa shape index (κ1) is 12.6. The molecule has 92 valence electrons. The van der Waals surface area contributed by atoms with Crippen molar-refractivity contribution < 1.29 is 4.79 Å². The van der Waals surface area contributed by atoms with Crippen LogP contribution in [0.3, 0.4) is 0 Å². The molecule has 1 saturated heterocycles. The van der Waals surface area contributed by atoms with Gasteiger partial charge in [0.2, 0.25) is 0 Å². The van der Waals surface area contributed by atoms with Crippen LogP contribution in [0.1, 0.15) is 22.3 Å². The molecule has 4 heteroatoms. The van der Waals surface area contributed by atoms with Crippen molar-refractivity contribution in [2.75, 3.05) is 20.1 Å². The lowest BCUT2D eigenvalue weighted by atomic mass is 10.1. The number of amides is 1. The first-order chi connectivity index (χ1) is 8.11. The Hall–Kier alpha value is -0.870. The lowest BCUT2D eigenvalue weighted by Gasteiger charge is -2.17. The first-order valence-corrected chi connectivity index (χ1v) is 6.64. The fourth-order valence-electron chi connectivity index (χ4n) is 2.14. The molecule has 0 aromatic heterocycles. The number of aryl methyl sites for hydroxylation is 1. The molecule has 0 radical (unpaired) electrons. The molecule has 1 aliphatic rings. The zero-order valence-corrected chi connectivity index (χ0v) is 11.8. The average Bonchev–Trinajstić information content (AvgIpc) is 2.76. The van der Waals surface area contributed by atoms with Gasteiger partial charge in [-0.05, 0) is 54.0 Å². The quantitative estimate of drug-likeness (QED) is 0.907. The van der Waals surface area contributed by atoms with E-state index in [0.29, 0.717) is 6.04 Å². The summed E-state index contributed by atoms with van der Waals surface area (Å²) in [4.78, 5) is 14.2. The van der Waals surface area contributed by atoms with Crippen LogP contribution < -0.4 is 5.32 Å². The number of hydrogen-bond donors (Lipinski definition) is 1. The minimum absolute atomic E-state index is 0.120. The lowest BCUT2D eigenvalue weighted by molar-refractivity contribution is 0.0789. The number of nitrogens with one attached hydrogen (secondary N) is 1. The highest BCUT2D eigenvalue weighted by molar-refractivity contribution is 9.10. The van der Waals surface area contributed by atoms with E-state index in [1.165, 1.54) is 0 Å². The zero-order chi connectivity index (χ0) is 12.4. The Morgan fingerprint density at radius 3 is 2.88 bits per heavy atom. The average molecular weight is 297 g/mol. The second kappa shape index (κ2) is 5.19. The number of nitrogens with zero attached hydrogens (tertiary/aromatic N) is 1. The highest BCUT2D eigenvalue weighted by Crippen LogP contribution is 2.22. The molecule has 0 aliphatic carbocycles. The summed E-state index contributed by atoms with van der Waals surface area (Å²) >= 11 is 3.46. The number of benzene rings is 1. The summed E-state index contributed by atoms with van der Waals surface area (Å²) < 4.78 is 0.885. The number of carbonyl (C=O) groups is 1. The molecule has 1 atom stereocenters. The van der Waals surface area contributed by atoms with E-state index in [-0.39, 0.29) is 5.91 Å². The third-order valence-electron chi connectivity index (χ3n) is 3.24. The molecule has 2 rings (SSSR count). The molecule has 17 heavy (non-hydrogen) atoms. The molecule has 1 heterocycles. The third-order valence-corrected chi connectivity index (χ3v) is 3.89. The first-order valence-electron chi connectivity index (χ1n) is 5.84. The molecule has 1 aromatic rings. The number of halogens is 1. The Bertz CT molecular complexity index is 433. The zero-order valence-electron chi connectivity index (χ0n) is 10.2. The van der Waals surface area contributed by atoms with Gasteiger partial charge in [0.25, 0.3) is 5.91 Å². The van der Waals surface area contributed by atoms with Gasteiger partial charge in [-0.15, -0.1) is 0 Å². The monoisotopic (exact) mass is 296 g/mol. The molecule has 0 saturated carbocycles. The molecule has 1 amide bonds. The standard InChI is InChI=1S/C13H17BrN2O/c1-9-3-4-11(12(14)7-9)13(17)16-6-5-10(8-16)15-2/h3-4,7,10,15H,5-6,8H2,1-2H3. The summed E-state index contributed by atoms with van der Waals surface area (Å²) in [5, 5.41) is 3.22. The molecule has 1 aromatic carbocycles. The fraction of sp³-hybridized carbons (Fsp3) is 0.462. The van der Waals surface area contributed by atoms with E-state index in [9.17, 15) is 4.79 Å². The highest BCUT2D eigenvalue weighted by Gasteiger charge is 2.26. The summed E-state index contributed by atoms with van der Waals surface area (Å²) in [5.74, 6) is 0.120. The maximum absolute atomic E-state index is 12.3. The number of likely N-dealkylation sites (N-methyl/N-ethyl adjacent to an activating group) is 1. The van der Waals surface area contributed by atoms with Crippen LogP contribution in [0.4, 0.5) is 0 Å². The molecule has 3 nitrogen and oxygen atoms in total. The Morgan fingerprint density at radius 1 is 1.53 bits per heavy atom. The topological polar surface area (TPSA) is 32.3 Å². The van der Waals surface area contributed by atoms with E-state index in [4.69, 9.17) is 0 Å². The number of rotatable bonds is 2.